The van der Waals surface area contributed by atoms with Crippen molar-refractivity contribution in [2.24, 2.45) is 5.73 Å². The lowest BCUT2D eigenvalue weighted by Crippen LogP contribution is -2.29. The van der Waals surface area contributed by atoms with Crippen molar-refractivity contribution < 1.29 is 4.79 Å². The van der Waals surface area contributed by atoms with Gasteiger partial charge >= 0.3 is 0 Å². The summed E-state index contributed by atoms with van der Waals surface area (Å²) in [5.41, 5.74) is 6.29. The maximum Gasteiger partial charge on any atom is 0.246 e. The molecule has 0 bridgehead atoms. The lowest BCUT2D eigenvalue weighted by Gasteiger charge is -2.13. The molecule has 0 aliphatic rings. The number of halogens is 2. The Kier molecular flexibility index (Phi) is 4.51. The zero-order chi connectivity index (χ0) is 15.6. The highest BCUT2D eigenvalue weighted by molar-refractivity contribution is 6.39. The van der Waals surface area contributed by atoms with Crippen molar-refractivity contribution in [3.05, 3.63) is 40.1 Å². The molecule has 21 heavy (non-hydrogen) atoms. The molecule has 0 aliphatic carbocycles. The van der Waals surface area contributed by atoms with E-state index in [1.54, 1.807) is 24.4 Å². The van der Waals surface area contributed by atoms with Crippen LogP contribution in [0.4, 0.5) is 5.69 Å². The molecule has 3 N–H and O–H groups in total. The Bertz CT molecular complexity index is 643. The number of para-hydroxylation sites is 1. The lowest BCUT2D eigenvalue weighted by atomic mass is 10.0. The van der Waals surface area contributed by atoms with Crippen LogP contribution in [-0.4, -0.2) is 20.9 Å². The van der Waals surface area contributed by atoms with Crippen LogP contribution in [0, 0.1) is 0 Å². The van der Waals surface area contributed by atoms with Crippen LogP contribution in [0.1, 0.15) is 19.5 Å². The number of carbonyl (C=O) groups excluding carboxylic acids is 1. The second-order valence-electron chi connectivity index (χ2n) is 5.17. The maximum atomic E-state index is 12.0. The smallest absolute Gasteiger partial charge is 0.246 e. The number of hydrogen-bond acceptors (Lipinski definition) is 4. The molecule has 0 saturated carbocycles. The van der Waals surface area contributed by atoms with E-state index >= 15 is 0 Å². The first kappa shape index (κ1) is 15.8. The molecule has 0 spiro atoms. The van der Waals surface area contributed by atoms with Gasteiger partial charge in [-0.15, -0.1) is 5.10 Å². The van der Waals surface area contributed by atoms with Gasteiger partial charge in [-0.05, 0) is 26.0 Å². The molecule has 1 aromatic carbocycles. The molecule has 1 aromatic heterocycles. The fraction of sp³-hybridized carbons (Fsp3) is 0.308. The molecular weight excluding hydrogens is 313 g/mol. The second-order valence-corrected chi connectivity index (χ2v) is 5.98. The van der Waals surface area contributed by atoms with E-state index in [9.17, 15) is 4.79 Å². The Labute approximate surface area is 132 Å². The van der Waals surface area contributed by atoms with Gasteiger partial charge in [-0.3, -0.25) is 4.79 Å². The molecule has 6 nitrogen and oxygen atoms in total. The number of nitrogens with one attached hydrogen (secondary N) is 1. The molecule has 1 heterocycles. The van der Waals surface area contributed by atoms with Crippen LogP contribution in [0.5, 0.6) is 0 Å². The van der Waals surface area contributed by atoms with Crippen molar-refractivity contribution >= 4 is 34.8 Å². The number of amides is 1. The largest absolute Gasteiger partial charge is 0.322 e. The van der Waals surface area contributed by atoms with Gasteiger partial charge in [-0.1, -0.05) is 34.5 Å². The average molecular weight is 328 g/mol. The van der Waals surface area contributed by atoms with Crippen molar-refractivity contribution in [3.63, 3.8) is 0 Å². The summed E-state index contributed by atoms with van der Waals surface area (Å²) in [6.45, 7) is 3.61. The number of carbonyl (C=O) groups is 1. The minimum atomic E-state index is -0.610. The summed E-state index contributed by atoms with van der Waals surface area (Å²) in [6, 6.07) is 4.99. The molecule has 2 rings (SSSR count). The van der Waals surface area contributed by atoms with Crippen molar-refractivity contribution in [2.45, 2.75) is 25.9 Å². The Hall–Kier alpha value is -1.63. The number of nitrogens with two attached hydrogens (primary N) is 1. The van der Waals surface area contributed by atoms with E-state index in [4.69, 9.17) is 28.9 Å². The SMILES string of the molecule is CC(C)(N)c1cn(CC(=O)Nc2c(Cl)cccc2Cl)nn1. The van der Waals surface area contributed by atoms with Gasteiger partial charge in [-0.2, -0.15) is 0 Å². The van der Waals surface area contributed by atoms with Gasteiger partial charge in [0.1, 0.15) is 12.2 Å². The third kappa shape index (κ3) is 3.93. The minimum Gasteiger partial charge on any atom is -0.322 e. The predicted molar refractivity (Wildman–Crippen MR) is 82.3 cm³/mol. The number of rotatable bonds is 4. The lowest BCUT2D eigenvalue weighted by molar-refractivity contribution is -0.116. The maximum absolute atomic E-state index is 12.0. The fourth-order valence-electron chi connectivity index (χ4n) is 1.61. The number of anilines is 1. The number of nitrogens with zero attached hydrogens (tertiary/aromatic N) is 3. The summed E-state index contributed by atoms with van der Waals surface area (Å²) in [5, 5.41) is 11.2. The van der Waals surface area contributed by atoms with Crippen LogP contribution in [0.25, 0.3) is 0 Å². The molecule has 8 heteroatoms. The van der Waals surface area contributed by atoms with Gasteiger partial charge in [0.25, 0.3) is 0 Å². The highest BCUT2D eigenvalue weighted by atomic mass is 35.5. The van der Waals surface area contributed by atoms with Crippen LogP contribution in [0.3, 0.4) is 0 Å². The van der Waals surface area contributed by atoms with Crippen molar-refractivity contribution in [1.82, 2.24) is 15.0 Å². The fourth-order valence-corrected chi connectivity index (χ4v) is 2.11. The number of benzene rings is 1. The number of hydrogen-bond donors (Lipinski definition) is 2. The topological polar surface area (TPSA) is 85.8 Å². The van der Waals surface area contributed by atoms with E-state index in [0.717, 1.165) is 0 Å². The summed E-state index contributed by atoms with van der Waals surface area (Å²) in [7, 11) is 0. The van der Waals surface area contributed by atoms with Crippen LogP contribution < -0.4 is 11.1 Å². The Balaban J connectivity index is 2.07. The first-order chi connectivity index (χ1) is 9.77. The van der Waals surface area contributed by atoms with E-state index in [-0.39, 0.29) is 12.5 Å². The number of aromatic nitrogens is 3. The molecule has 1 amide bonds. The molecule has 0 radical (unpaired) electrons. The van der Waals surface area contributed by atoms with E-state index < -0.39 is 5.54 Å². The Morgan fingerprint density at radius 2 is 2.00 bits per heavy atom. The monoisotopic (exact) mass is 327 g/mol. The summed E-state index contributed by atoms with van der Waals surface area (Å²) >= 11 is 12.0. The van der Waals surface area contributed by atoms with E-state index in [1.165, 1.54) is 4.68 Å². The molecule has 2 aromatic rings. The van der Waals surface area contributed by atoms with Crippen molar-refractivity contribution in [3.8, 4) is 0 Å². The third-order valence-electron chi connectivity index (χ3n) is 2.73. The molecule has 0 fully saturated rings. The average Bonchev–Trinajstić information content (AvgIpc) is 2.82. The highest BCUT2D eigenvalue weighted by Gasteiger charge is 2.19. The van der Waals surface area contributed by atoms with Crippen LogP contribution in [0.15, 0.2) is 24.4 Å². The molecule has 112 valence electrons. The highest BCUT2D eigenvalue weighted by Crippen LogP contribution is 2.29. The van der Waals surface area contributed by atoms with Gasteiger partial charge in [0, 0.05) is 0 Å². The molecule has 0 aliphatic heterocycles. The van der Waals surface area contributed by atoms with Gasteiger partial charge in [0.2, 0.25) is 5.91 Å². The molecular formula is C13H15Cl2N5O. The summed E-state index contributed by atoms with van der Waals surface area (Å²) in [4.78, 5) is 12.0. The first-order valence-electron chi connectivity index (χ1n) is 6.21. The zero-order valence-electron chi connectivity index (χ0n) is 11.6. The predicted octanol–water partition coefficient (Wildman–Crippen LogP) is 2.42. The second kappa shape index (κ2) is 6.01. The van der Waals surface area contributed by atoms with Gasteiger partial charge < -0.3 is 11.1 Å². The quantitative estimate of drug-likeness (QED) is 0.902. The first-order valence-corrected chi connectivity index (χ1v) is 6.96. The minimum absolute atomic E-state index is 0.00929. The van der Waals surface area contributed by atoms with Crippen LogP contribution in [-0.2, 0) is 16.9 Å². The van der Waals surface area contributed by atoms with Gasteiger partial charge in [-0.25, -0.2) is 4.68 Å². The van der Waals surface area contributed by atoms with Crippen LogP contribution >= 0.6 is 23.2 Å². The van der Waals surface area contributed by atoms with Gasteiger partial charge in [0.05, 0.1) is 27.5 Å². The van der Waals surface area contributed by atoms with E-state index in [2.05, 4.69) is 15.6 Å². The molecule has 0 unspecified atom stereocenters. The zero-order valence-corrected chi connectivity index (χ0v) is 13.1. The standard InChI is InChI=1S/C13H15Cl2N5O/c1-13(2,16)10-6-20(19-18-10)7-11(21)17-12-8(14)4-3-5-9(12)15/h3-6H,7,16H2,1-2H3,(H,17,21). The summed E-state index contributed by atoms with van der Waals surface area (Å²) in [5.74, 6) is -0.309. The molecule has 0 saturated heterocycles. The third-order valence-corrected chi connectivity index (χ3v) is 3.36. The summed E-state index contributed by atoms with van der Waals surface area (Å²) < 4.78 is 1.41. The van der Waals surface area contributed by atoms with Crippen molar-refractivity contribution in [1.29, 1.82) is 0 Å². The summed E-state index contributed by atoms with van der Waals surface area (Å²) in [6.07, 6.45) is 1.63. The van der Waals surface area contributed by atoms with E-state index in [0.29, 0.717) is 21.4 Å². The van der Waals surface area contributed by atoms with Crippen LogP contribution in [0.2, 0.25) is 10.0 Å². The molecule has 0 atom stereocenters. The van der Waals surface area contributed by atoms with E-state index in [1.807, 2.05) is 13.8 Å². The normalized spacial score (nSPS) is 11.5. The Morgan fingerprint density at radius 3 is 2.52 bits per heavy atom. The van der Waals surface area contributed by atoms with Crippen molar-refractivity contribution in [2.75, 3.05) is 5.32 Å². The Morgan fingerprint density at radius 1 is 1.38 bits per heavy atom. The van der Waals surface area contributed by atoms with Gasteiger partial charge in [0.15, 0.2) is 0 Å².